The van der Waals surface area contributed by atoms with Gasteiger partial charge in [0, 0.05) is 20.0 Å². The Morgan fingerprint density at radius 2 is 2.15 bits per heavy atom. The number of aryl methyl sites for hydroxylation is 2. The first-order valence-electron chi connectivity index (χ1n) is 6.82. The number of rotatable bonds is 5. The molecule has 0 bridgehead atoms. The van der Waals surface area contributed by atoms with Crippen molar-refractivity contribution in [3.8, 4) is 0 Å². The molecule has 0 saturated heterocycles. The van der Waals surface area contributed by atoms with E-state index in [1.165, 1.54) is 4.57 Å². The van der Waals surface area contributed by atoms with E-state index in [4.69, 9.17) is 4.42 Å². The fourth-order valence-electron chi connectivity index (χ4n) is 1.99. The van der Waals surface area contributed by atoms with E-state index >= 15 is 0 Å². The third-order valence-corrected chi connectivity index (χ3v) is 3.20. The molecule has 2 aromatic rings. The first-order valence-corrected chi connectivity index (χ1v) is 6.82. The zero-order valence-corrected chi connectivity index (χ0v) is 12.1. The van der Waals surface area contributed by atoms with Crippen molar-refractivity contribution in [2.45, 2.75) is 26.7 Å². The quantitative estimate of drug-likeness (QED) is 0.906. The Hall–Kier alpha value is -2.04. The average molecular weight is 276 g/mol. The summed E-state index contributed by atoms with van der Waals surface area (Å²) in [5.74, 6) is 0.141. The molecule has 0 aliphatic heterocycles. The fraction of sp³-hybridized carbons (Fsp3) is 0.467. The highest BCUT2D eigenvalue weighted by Gasteiger charge is 2.08. The van der Waals surface area contributed by atoms with Gasteiger partial charge in [0.15, 0.2) is 5.58 Å². The van der Waals surface area contributed by atoms with Gasteiger partial charge in [-0.3, -0.25) is 9.36 Å². The second-order valence-electron chi connectivity index (χ2n) is 5.43. The van der Waals surface area contributed by atoms with Crippen LogP contribution in [0.2, 0.25) is 0 Å². The Labute approximate surface area is 117 Å². The minimum Gasteiger partial charge on any atom is -0.408 e. The average Bonchev–Trinajstić information content (AvgIpc) is 2.69. The topological polar surface area (TPSA) is 64.2 Å². The Morgan fingerprint density at radius 3 is 2.85 bits per heavy atom. The summed E-state index contributed by atoms with van der Waals surface area (Å²) in [5.41, 5.74) is 2.36. The first kappa shape index (κ1) is 14.4. The van der Waals surface area contributed by atoms with Crippen LogP contribution >= 0.6 is 0 Å². The molecule has 0 aliphatic rings. The molecule has 5 heteroatoms. The number of benzene rings is 1. The van der Waals surface area contributed by atoms with Gasteiger partial charge in [0.1, 0.15) is 0 Å². The van der Waals surface area contributed by atoms with Crippen molar-refractivity contribution < 1.29 is 9.21 Å². The second kappa shape index (κ2) is 5.94. The van der Waals surface area contributed by atoms with Crippen LogP contribution in [0.5, 0.6) is 0 Å². The van der Waals surface area contributed by atoms with Crippen LogP contribution in [0.25, 0.3) is 11.1 Å². The molecule has 1 aromatic carbocycles. The standard InChI is InChI=1S/C15H20N2O3/c1-10(2)9-16-14(18)7-5-11-4-6-13-12(8-11)17(3)15(19)20-13/h4,6,8,10H,5,7,9H2,1-3H3,(H,16,18). The number of oxazole rings is 1. The number of fused-ring (bicyclic) bond motifs is 1. The van der Waals surface area contributed by atoms with Gasteiger partial charge >= 0.3 is 5.76 Å². The molecule has 0 atom stereocenters. The van der Waals surface area contributed by atoms with E-state index in [-0.39, 0.29) is 11.7 Å². The number of hydrogen-bond acceptors (Lipinski definition) is 3. The van der Waals surface area contributed by atoms with Gasteiger partial charge in [-0.25, -0.2) is 4.79 Å². The minimum absolute atomic E-state index is 0.0554. The predicted molar refractivity (Wildman–Crippen MR) is 77.6 cm³/mol. The highest BCUT2D eigenvalue weighted by atomic mass is 16.4. The summed E-state index contributed by atoms with van der Waals surface area (Å²) in [4.78, 5) is 23.1. The monoisotopic (exact) mass is 276 g/mol. The molecule has 5 nitrogen and oxygen atoms in total. The predicted octanol–water partition coefficient (Wildman–Crippen LogP) is 1.84. The second-order valence-corrected chi connectivity index (χ2v) is 5.43. The molecule has 1 N–H and O–H groups in total. The Morgan fingerprint density at radius 1 is 1.40 bits per heavy atom. The Kier molecular flexibility index (Phi) is 4.27. The van der Waals surface area contributed by atoms with Crippen LogP contribution in [0, 0.1) is 5.92 Å². The molecule has 1 amide bonds. The van der Waals surface area contributed by atoms with Crippen molar-refractivity contribution in [2.75, 3.05) is 6.54 Å². The number of nitrogens with one attached hydrogen (secondary N) is 1. The number of amides is 1. The smallest absolute Gasteiger partial charge is 0.408 e. The van der Waals surface area contributed by atoms with Crippen LogP contribution in [0.4, 0.5) is 0 Å². The summed E-state index contributed by atoms with van der Waals surface area (Å²) in [7, 11) is 1.67. The summed E-state index contributed by atoms with van der Waals surface area (Å²) < 4.78 is 6.54. The van der Waals surface area contributed by atoms with E-state index in [0.29, 0.717) is 30.9 Å². The van der Waals surface area contributed by atoms with E-state index in [2.05, 4.69) is 19.2 Å². The lowest BCUT2D eigenvalue weighted by molar-refractivity contribution is -0.121. The van der Waals surface area contributed by atoms with Gasteiger partial charge in [0.25, 0.3) is 0 Å². The molecule has 0 aliphatic carbocycles. The highest BCUT2D eigenvalue weighted by Crippen LogP contribution is 2.15. The maximum atomic E-state index is 11.7. The van der Waals surface area contributed by atoms with Gasteiger partial charge in [0.05, 0.1) is 5.52 Å². The Balaban J connectivity index is 2.01. The van der Waals surface area contributed by atoms with Gasteiger partial charge in [-0.2, -0.15) is 0 Å². The molecular formula is C15H20N2O3. The van der Waals surface area contributed by atoms with Gasteiger partial charge < -0.3 is 9.73 Å². The number of carbonyl (C=O) groups is 1. The lowest BCUT2D eigenvalue weighted by Crippen LogP contribution is -2.27. The highest BCUT2D eigenvalue weighted by molar-refractivity contribution is 5.77. The Bertz CT molecular complexity index is 667. The van der Waals surface area contributed by atoms with Crippen LogP contribution in [0.15, 0.2) is 27.4 Å². The zero-order chi connectivity index (χ0) is 14.7. The molecule has 1 heterocycles. The lowest BCUT2D eigenvalue weighted by Gasteiger charge is -2.07. The molecular weight excluding hydrogens is 256 g/mol. The van der Waals surface area contributed by atoms with Crippen molar-refractivity contribution in [2.24, 2.45) is 13.0 Å². The van der Waals surface area contributed by atoms with Gasteiger partial charge in [-0.1, -0.05) is 19.9 Å². The van der Waals surface area contributed by atoms with Gasteiger partial charge in [-0.15, -0.1) is 0 Å². The first-order chi connectivity index (χ1) is 9.47. The van der Waals surface area contributed by atoms with E-state index in [9.17, 15) is 9.59 Å². The number of nitrogens with zero attached hydrogens (tertiary/aromatic N) is 1. The third-order valence-electron chi connectivity index (χ3n) is 3.20. The van der Waals surface area contributed by atoms with E-state index < -0.39 is 0 Å². The number of aromatic nitrogens is 1. The van der Waals surface area contributed by atoms with E-state index in [1.54, 1.807) is 13.1 Å². The van der Waals surface area contributed by atoms with Crippen LogP contribution in [-0.2, 0) is 18.3 Å². The normalized spacial score (nSPS) is 11.2. The van der Waals surface area contributed by atoms with Crippen molar-refractivity contribution in [3.63, 3.8) is 0 Å². The molecule has 0 saturated carbocycles. The van der Waals surface area contributed by atoms with Crippen molar-refractivity contribution in [3.05, 3.63) is 34.3 Å². The largest absolute Gasteiger partial charge is 0.419 e. The minimum atomic E-state index is -0.369. The van der Waals surface area contributed by atoms with E-state index in [0.717, 1.165) is 11.1 Å². The molecule has 0 unspecified atom stereocenters. The summed E-state index contributed by atoms with van der Waals surface area (Å²) >= 11 is 0. The molecule has 0 fully saturated rings. The maximum absolute atomic E-state index is 11.7. The molecule has 0 spiro atoms. The maximum Gasteiger partial charge on any atom is 0.419 e. The SMILES string of the molecule is CC(C)CNC(=O)CCc1ccc2oc(=O)n(C)c2c1. The summed E-state index contributed by atoms with van der Waals surface area (Å²) in [6, 6.07) is 5.56. The molecule has 20 heavy (non-hydrogen) atoms. The lowest BCUT2D eigenvalue weighted by atomic mass is 10.1. The molecule has 2 rings (SSSR count). The number of hydrogen-bond donors (Lipinski definition) is 1. The molecule has 108 valence electrons. The number of carbonyl (C=O) groups excluding carboxylic acids is 1. The van der Waals surface area contributed by atoms with Gasteiger partial charge in [0.2, 0.25) is 5.91 Å². The van der Waals surface area contributed by atoms with Crippen LogP contribution in [-0.4, -0.2) is 17.0 Å². The van der Waals surface area contributed by atoms with Gasteiger partial charge in [-0.05, 0) is 30.0 Å². The summed E-state index contributed by atoms with van der Waals surface area (Å²) in [6.45, 7) is 4.83. The van der Waals surface area contributed by atoms with Crippen molar-refractivity contribution in [1.29, 1.82) is 0 Å². The van der Waals surface area contributed by atoms with Crippen LogP contribution in [0.1, 0.15) is 25.8 Å². The summed E-state index contributed by atoms with van der Waals surface area (Å²) in [6.07, 6.45) is 1.10. The zero-order valence-electron chi connectivity index (χ0n) is 12.1. The molecule has 0 radical (unpaired) electrons. The van der Waals surface area contributed by atoms with Crippen LogP contribution in [0.3, 0.4) is 0 Å². The van der Waals surface area contributed by atoms with Crippen LogP contribution < -0.4 is 11.1 Å². The van der Waals surface area contributed by atoms with Crippen molar-refractivity contribution >= 4 is 17.0 Å². The fourth-order valence-corrected chi connectivity index (χ4v) is 1.99. The van der Waals surface area contributed by atoms with Crippen molar-refractivity contribution in [1.82, 2.24) is 9.88 Å². The third kappa shape index (κ3) is 3.29. The summed E-state index contributed by atoms with van der Waals surface area (Å²) in [5, 5.41) is 2.89. The molecule has 1 aromatic heterocycles. The van der Waals surface area contributed by atoms with E-state index in [1.807, 2.05) is 12.1 Å².